The van der Waals surface area contributed by atoms with E-state index in [9.17, 15) is 17.6 Å². The summed E-state index contributed by atoms with van der Waals surface area (Å²) in [6.07, 6.45) is 0.260. The minimum Gasteiger partial charge on any atom is -0.463 e. The van der Waals surface area contributed by atoms with Crippen molar-refractivity contribution >= 4 is 44.9 Å². The highest BCUT2D eigenvalue weighted by molar-refractivity contribution is 8.01. The number of carboxylic acid groups (broad SMARTS) is 1. The Morgan fingerprint density at radius 3 is 2.57 bits per heavy atom. The highest BCUT2D eigenvalue weighted by Gasteiger charge is 2.25. The molecule has 6 nitrogen and oxygen atoms in total. The minimum atomic E-state index is -3.92. The van der Waals surface area contributed by atoms with Crippen molar-refractivity contribution in [3.8, 4) is 11.1 Å². The lowest BCUT2D eigenvalue weighted by Crippen LogP contribution is -2.13. The maximum Gasteiger partial charge on any atom is 0.433 e. The molecule has 3 aromatic rings. The second kappa shape index (κ2) is 8.58. The molecule has 0 aliphatic carbocycles. The molecule has 30 heavy (non-hydrogen) atoms. The summed E-state index contributed by atoms with van der Waals surface area (Å²) in [5, 5.41) is 8.78. The second-order valence-corrected chi connectivity index (χ2v) is 10.3. The Morgan fingerprint density at radius 1 is 1.20 bits per heavy atom. The van der Waals surface area contributed by atoms with E-state index in [1.54, 1.807) is 31.4 Å². The zero-order valence-corrected chi connectivity index (χ0v) is 18.4. The number of thioether (sulfide) groups is 1. The first-order valence-corrected chi connectivity index (χ1v) is 12.0. The Bertz CT molecular complexity index is 1270. The van der Waals surface area contributed by atoms with Gasteiger partial charge in [-0.1, -0.05) is 18.2 Å². The molecule has 0 spiro atoms. The van der Waals surface area contributed by atoms with Crippen LogP contribution in [0.4, 0.5) is 9.18 Å². The fourth-order valence-electron chi connectivity index (χ4n) is 2.88. The van der Waals surface area contributed by atoms with Gasteiger partial charge in [-0.2, -0.15) is 4.99 Å². The summed E-state index contributed by atoms with van der Waals surface area (Å²) >= 11 is 2.28. The second-order valence-electron chi connectivity index (χ2n) is 6.24. The molecular weight excluding hydrogens is 447 g/mol. The number of benzene rings is 2. The minimum absolute atomic E-state index is 0.0338. The van der Waals surface area contributed by atoms with Crippen LogP contribution in [0.2, 0.25) is 0 Å². The van der Waals surface area contributed by atoms with Gasteiger partial charge in [-0.15, -0.1) is 23.1 Å². The van der Waals surface area contributed by atoms with Crippen LogP contribution in [0, 0.1) is 12.7 Å². The van der Waals surface area contributed by atoms with Gasteiger partial charge in [0.15, 0.2) is 0 Å². The van der Waals surface area contributed by atoms with Crippen LogP contribution < -0.4 is 5.73 Å². The van der Waals surface area contributed by atoms with E-state index in [2.05, 4.69) is 4.99 Å². The van der Waals surface area contributed by atoms with Crippen molar-refractivity contribution < 1.29 is 22.7 Å². The van der Waals surface area contributed by atoms with Crippen LogP contribution >= 0.6 is 23.1 Å². The lowest BCUT2D eigenvalue weighted by Gasteiger charge is -2.09. The highest BCUT2D eigenvalue weighted by Crippen LogP contribution is 2.38. The molecule has 0 saturated heterocycles. The Hall–Kier alpha value is -2.69. The summed E-state index contributed by atoms with van der Waals surface area (Å²) < 4.78 is 40.6. The number of amidine groups is 1. The van der Waals surface area contributed by atoms with E-state index >= 15 is 0 Å². The molecule has 3 N–H and O–H groups in total. The van der Waals surface area contributed by atoms with E-state index in [1.807, 2.05) is 0 Å². The molecule has 1 heterocycles. The molecule has 0 atom stereocenters. The molecule has 0 unspecified atom stereocenters. The van der Waals surface area contributed by atoms with Crippen LogP contribution in [0.1, 0.15) is 10.4 Å². The Balaban J connectivity index is 2.10. The first-order chi connectivity index (χ1) is 14.1. The van der Waals surface area contributed by atoms with E-state index in [1.165, 1.54) is 42.1 Å². The Morgan fingerprint density at radius 2 is 1.93 bits per heavy atom. The van der Waals surface area contributed by atoms with Crippen LogP contribution in [-0.4, -0.2) is 31.7 Å². The van der Waals surface area contributed by atoms with E-state index < -0.39 is 15.9 Å². The van der Waals surface area contributed by atoms with Crippen LogP contribution in [0.3, 0.4) is 0 Å². The molecule has 156 valence electrons. The number of hydrogen-bond acceptors (Lipinski definition) is 5. The standard InChI is InChI=1S/C20H17FN2O4S3/c1-11-8-13(21)6-7-15(11)12-4-3-5-14(9-12)30(26,27)17-10-16(29-19(17)28-2)18(22)23-20(24)25/h3-10H,1-2H3,(H2,22,23)(H,24,25). The largest absolute Gasteiger partial charge is 0.463 e. The number of thiophene rings is 1. The van der Waals surface area contributed by atoms with Crippen molar-refractivity contribution in [1.29, 1.82) is 0 Å². The van der Waals surface area contributed by atoms with Gasteiger partial charge in [-0.3, -0.25) is 0 Å². The van der Waals surface area contributed by atoms with Gasteiger partial charge >= 0.3 is 6.09 Å². The zero-order valence-electron chi connectivity index (χ0n) is 15.9. The molecule has 10 heteroatoms. The number of nitrogens with two attached hydrogens (primary N) is 1. The predicted molar refractivity (Wildman–Crippen MR) is 117 cm³/mol. The first-order valence-electron chi connectivity index (χ1n) is 8.50. The quantitative estimate of drug-likeness (QED) is 0.319. The lowest BCUT2D eigenvalue weighted by molar-refractivity contribution is 0.205. The molecule has 0 fully saturated rings. The van der Waals surface area contributed by atoms with E-state index in [-0.39, 0.29) is 26.3 Å². The van der Waals surface area contributed by atoms with E-state index in [0.29, 0.717) is 15.3 Å². The lowest BCUT2D eigenvalue weighted by atomic mass is 10.0. The number of halogens is 1. The smallest absolute Gasteiger partial charge is 0.433 e. The number of rotatable bonds is 5. The molecule has 1 amide bonds. The van der Waals surface area contributed by atoms with Gasteiger partial charge in [0.1, 0.15) is 11.7 Å². The highest BCUT2D eigenvalue weighted by atomic mass is 32.2. The summed E-state index contributed by atoms with van der Waals surface area (Å²) in [4.78, 5) is 14.4. The molecule has 0 aliphatic heterocycles. The number of nitrogens with zero attached hydrogens (tertiary/aromatic N) is 1. The van der Waals surface area contributed by atoms with E-state index in [0.717, 1.165) is 16.9 Å². The van der Waals surface area contributed by atoms with Crippen molar-refractivity contribution in [3.05, 3.63) is 64.8 Å². The summed E-state index contributed by atoms with van der Waals surface area (Å²) in [6.45, 7) is 1.75. The molecule has 0 radical (unpaired) electrons. The monoisotopic (exact) mass is 464 g/mol. The molecule has 3 rings (SSSR count). The van der Waals surface area contributed by atoms with Gasteiger partial charge in [0.25, 0.3) is 0 Å². The molecule has 2 aromatic carbocycles. The van der Waals surface area contributed by atoms with Gasteiger partial charge in [-0.25, -0.2) is 17.6 Å². The molecule has 0 saturated carbocycles. The van der Waals surface area contributed by atoms with Gasteiger partial charge < -0.3 is 10.8 Å². The third-order valence-corrected chi connectivity index (χ3v) is 8.58. The van der Waals surface area contributed by atoms with Gasteiger partial charge in [0.2, 0.25) is 9.84 Å². The van der Waals surface area contributed by atoms with Crippen LogP contribution in [0.25, 0.3) is 11.1 Å². The molecule has 0 aliphatic rings. The van der Waals surface area contributed by atoms with Gasteiger partial charge in [0.05, 0.1) is 18.9 Å². The third kappa shape index (κ3) is 4.40. The topological polar surface area (TPSA) is 110 Å². The summed E-state index contributed by atoms with van der Waals surface area (Å²) in [6, 6.07) is 12.0. The molecule has 1 aromatic heterocycles. The fraction of sp³-hybridized carbons (Fsp3) is 0.100. The predicted octanol–water partition coefficient (Wildman–Crippen LogP) is 4.80. The van der Waals surface area contributed by atoms with Crippen molar-refractivity contribution in [3.63, 3.8) is 0 Å². The number of aliphatic imine (C=N–C) groups is 1. The van der Waals surface area contributed by atoms with Gasteiger partial charge in [-0.05, 0) is 60.2 Å². The first kappa shape index (κ1) is 22.0. The number of hydrogen-bond donors (Lipinski definition) is 2. The maximum absolute atomic E-state index is 13.4. The zero-order chi connectivity index (χ0) is 22.1. The average molecular weight is 465 g/mol. The fourth-order valence-corrected chi connectivity index (χ4v) is 6.82. The van der Waals surface area contributed by atoms with Gasteiger partial charge in [0, 0.05) is 0 Å². The number of sulfone groups is 1. The van der Waals surface area contributed by atoms with E-state index in [4.69, 9.17) is 10.8 Å². The average Bonchev–Trinajstić information content (AvgIpc) is 3.13. The summed E-state index contributed by atoms with van der Waals surface area (Å²) in [5.41, 5.74) is 7.74. The van der Waals surface area contributed by atoms with Crippen molar-refractivity contribution in [2.75, 3.05) is 6.26 Å². The van der Waals surface area contributed by atoms with Crippen molar-refractivity contribution in [1.82, 2.24) is 0 Å². The Labute approximate surface area is 181 Å². The maximum atomic E-state index is 13.4. The third-order valence-electron chi connectivity index (χ3n) is 4.25. The molecule has 0 bridgehead atoms. The van der Waals surface area contributed by atoms with Crippen LogP contribution in [-0.2, 0) is 9.84 Å². The summed E-state index contributed by atoms with van der Waals surface area (Å²) in [7, 11) is -3.92. The molecular formula is C20H17FN2O4S3. The van der Waals surface area contributed by atoms with Crippen LogP contribution in [0.15, 0.2) is 67.5 Å². The van der Waals surface area contributed by atoms with Crippen molar-refractivity contribution in [2.45, 2.75) is 20.9 Å². The van der Waals surface area contributed by atoms with Crippen molar-refractivity contribution in [2.24, 2.45) is 10.7 Å². The number of carbonyl (C=O) groups is 1. The SMILES string of the molecule is CSc1sc(/C(N)=N\C(=O)O)cc1S(=O)(=O)c1cccc(-c2ccc(F)cc2C)c1. The number of amides is 1. The Kier molecular flexibility index (Phi) is 6.30. The summed E-state index contributed by atoms with van der Waals surface area (Å²) in [5.74, 6) is -0.629. The van der Waals surface area contributed by atoms with Crippen LogP contribution in [0.5, 0.6) is 0 Å². The number of aryl methyl sites for hydroxylation is 1. The normalized spacial score (nSPS) is 12.2.